The summed E-state index contributed by atoms with van der Waals surface area (Å²) < 4.78 is 2.90. The van der Waals surface area contributed by atoms with Gasteiger partial charge in [-0.2, -0.15) is 0 Å². The van der Waals surface area contributed by atoms with Crippen LogP contribution in [-0.4, -0.2) is 19.7 Å². The normalized spacial score (nSPS) is 11.1. The summed E-state index contributed by atoms with van der Waals surface area (Å²) in [6, 6.07) is 2.29. The Balaban J connectivity index is 2.11. The fraction of sp³-hybridized carbons (Fsp3) is 0.364. The molecule has 0 unspecified atom stereocenters. The molecular formula is C11H14BrN5S. The smallest absolute Gasteiger partial charge is 0.222 e. The molecule has 0 radical (unpaired) electrons. The predicted octanol–water partition coefficient (Wildman–Crippen LogP) is 2.89. The second-order valence-corrected chi connectivity index (χ2v) is 5.96. The zero-order valence-electron chi connectivity index (χ0n) is 10.2. The van der Waals surface area contributed by atoms with Crippen molar-refractivity contribution in [1.29, 1.82) is 0 Å². The number of nitrogens with zero attached hydrogens (tertiary/aromatic N) is 4. The van der Waals surface area contributed by atoms with Crippen LogP contribution in [0.1, 0.15) is 25.5 Å². The van der Waals surface area contributed by atoms with E-state index in [9.17, 15) is 0 Å². The van der Waals surface area contributed by atoms with Crippen molar-refractivity contribution in [3.05, 3.63) is 28.5 Å². The molecule has 0 saturated carbocycles. The highest BCUT2D eigenvalue weighted by atomic mass is 79.9. The molecule has 18 heavy (non-hydrogen) atoms. The van der Waals surface area contributed by atoms with Crippen molar-refractivity contribution in [2.24, 2.45) is 0 Å². The number of nitrogens with two attached hydrogens (primary N) is 1. The van der Waals surface area contributed by atoms with E-state index in [4.69, 9.17) is 5.73 Å². The van der Waals surface area contributed by atoms with E-state index in [1.807, 2.05) is 16.8 Å². The second-order valence-electron chi connectivity index (χ2n) is 4.10. The van der Waals surface area contributed by atoms with Gasteiger partial charge in [-0.1, -0.05) is 11.8 Å². The molecule has 7 heteroatoms. The van der Waals surface area contributed by atoms with Gasteiger partial charge >= 0.3 is 0 Å². The molecule has 2 rings (SSSR count). The summed E-state index contributed by atoms with van der Waals surface area (Å²) in [6.45, 7) is 4.12. The summed E-state index contributed by atoms with van der Waals surface area (Å²) in [5, 5.41) is 8.84. The Morgan fingerprint density at radius 2 is 2.17 bits per heavy atom. The monoisotopic (exact) mass is 327 g/mol. The van der Waals surface area contributed by atoms with Gasteiger partial charge in [-0.3, -0.25) is 9.55 Å². The fourth-order valence-electron chi connectivity index (χ4n) is 1.55. The lowest BCUT2D eigenvalue weighted by Gasteiger charge is -2.11. The van der Waals surface area contributed by atoms with Crippen molar-refractivity contribution in [3.63, 3.8) is 0 Å². The minimum Gasteiger partial charge on any atom is -0.368 e. The zero-order valence-corrected chi connectivity index (χ0v) is 12.6. The average Bonchev–Trinajstić information content (AvgIpc) is 2.68. The molecular weight excluding hydrogens is 314 g/mol. The molecule has 0 aliphatic rings. The van der Waals surface area contributed by atoms with Crippen LogP contribution in [0.3, 0.4) is 0 Å². The Morgan fingerprint density at radius 3 is 2.83 bits per heavy atom. The Hall–Kier alpha value is -1.08. The van der Waals surface area contributed by atoms with E-state index < -0.39 is 0 Å². The number of hydrogen-bond acceptors (Lipinski definition) is 5. The third kappa shape index (κ3) is 3.02. The van der Waals surface area contributed by atoms with E-state index in [1.54, 1.807) is 18.0 Å². The summed E-state index contributed by atoms with van der Waals surface area (Å²) in [5.74, 6) is 1.25. The molecule has 0 fully saturated rings. The van der Waals surface area contributed by atoms with Crippen LogP contribution in [0, 0.1) is 0 Å². The molecule has 0 saturated heterocycles. The Labute approximate surface area is 118 Å². The van der Waals surface area contributed by atoms with Crippen molar-refractivity contribution in [2.75, 3.05) is 5.73 Å². The van der Waals surface area contributed by atoms with E-state index in [-0.39, 0.29) is 6.04 Å². The van der Waals surface area contributed by atoms with Gasteiger partial charge in [-0.05, 0) is 41.4 Å². The highest BCUT2D eigenvalue weighted by Crippen LogP contribution is 2.26. The quantitative estimate of drug-likeness (QED) is 0.874. The summed E-state index contributed by atoms with van der Waals surface area (Å²) in [6.07, 6.45) is 3.61. The molecule has 0 aliphatic carbocycles. The van der Waals surface area contributed by atoms with E-state index in [1.165, 1.54) is 0 Å². The first-order valence-electron chi connectivity index (χ1n) is 5.50. The molecule has 0 bridgehead atoms. The van der Waals surface area contributed by atoms with Crippen molar-refractivity contribution in [1.82, 2.24) is 19.7 Å². The third-order valence-corrected chi connectivity index (χ3v) is 3.78. The number of aromatic nitrogens is 4. The van der Waals surface area contributed by atoms with Crippen LogP contribution in [0.4, 0.5) is 5.95 Å². The van der Waals surface area contributed by atoms with Gasteiger partial charge < -0.3 is 5.73 Å². The van der Waals surface area contributed by atoms with Crippen molar-refractivity contribution >= 4 is 33.6 Å². The van der Waals surface area contributed by atoms with Gasteiger partial charge in [0.1, 0.15) is 0 Å². The molecule has 0 aromatic carbocycles. The summed E-state index contributed by atoms with van der Waals surface area (Å²) in [4.78, 5) is 4.13. The molecule has 96 valence electrons. The maximum absolute atomic E-state index is 5.79. The van der Waals surface area contributed by atoms with E-state index in [0.717, 1.165) is 20.9 Å². The maximum Gasteiger partial charge on any atom is 0.222 e. The van der Waals surface area contributed by atoms with Gasteiger partial charge in [0.05, 0.1) is 0 Å². The topological polar surface area (TPSA) is 69.6 Å². The number of rotatable bonds is 4. The van der Waals surface area contributed by atoms with Crippen LogP contribution in [0.25, 0.3) is 0 Å². The standard InChI is InChI=1S/C11H14BrN5S/c1-7(2)17-10(13)15-16-11(17)18-6-8-3-9(12)5-14-4-8/h3-5,7H,6H2,1-2H3,(H2,13,15). The Morgan fingerprint density at radius 1 is 1.39 bits per heavy atom. The summed E-state index contributed by atoms with van der Waals surface area (Å²) in [5.41, 5.74) is 6.92. The third-order valence-electron chi connectivity index (χ3n) is 2.34. The first-order valence-corrected chi connectivity index (χ1v) is 7.28. The first-order chi connectivity index (χ1) is 8.58. The second kappa shape index (κ2) is 5.71. The number of pyridine rings is 1. The number of nitrogen functional groups attached to an aromatic ring is 1. The average molecular weight is 328 g/mol. The SMILES string of the molecule is CC(C)n1c(N)nnc1SCc1cncc(Br)c1. The fourth-order valence-corrected chi connectivity index (χ4v) is 2.96. The van der Waals surface area contributed by atoms with E-state index >= 15 is 0 Å². The zero-order chi connectivity index (χ0) is 13.1. The Bertz CT molecular complexity index is 540. The van der Waals surface area contributed by atoms with Crippen LogP contribution in [0.5, 0.6) is 0 Å². The van der Waals surface area contributed by atoms with Gasteiger partial charge in [0, 0.05) is 28.7 Å². The molecule has 2 N–H and O–H groups in total. The lowest BCUT2D eigenvalue weighted by Crippen LogP contribution is -2.07. The van der Waals surface area contributed by atoms with Crippen LogP contribution in [-0.2, 0) is 5.75 Å². The molecule has 0 spiro atoms. The molecule has 0 aliphatic heterocycles. The molecule has 2 aromatic rings. The molecule has 5 nitrogen and oxygen atoms in total. The van der Waals surface area contributed by atoms with Gasteiger partial charge in [0.2, 0.25) is 5.95 Å². The van der Waals surface area contributed by atoms with Gasteiger partial charge in [0.15, 0.2) is 5.16 Å². The summed E-state index contributed by atoms with van der Waals surface area (Å²) >= 11 is 5.01. The predicted molar refractivity (Wildman–Crippen MR) is 76.3 cm³/mol. The lowest BCUT2D eigenvalue weighted by molar-refractivity contribution is 0.557. The van der Waals surface area contributed by atoms with E-state index in [2.05, 4.69) is 45.0 Å². The van der Waals surface area contributed by atoms with Crippen LogP contribution >= 0.6 is 27.7 Å². The highest BCUT2D eigenvalue weighted by molar-refractivity contribution is 9.10. The maximum atomic E-state index is 5.79. The molecule has 2 heterocycles. The molecule has 0 amide bonds. The minimum atomic E-state index is 0.253. The Kier molecular flexibility index (Phi) is 4.23. The lowest BCUT2D eigenvalue weighted by atomic mass is 10.3. The van der Waals surface area contributed by atoms with Crippen molar-refractivity contribution in [2.45, 2.75) is 30.8 Å². The van der Waals surface area contributed by atoms with Crippen LogP contribution in [0.15, 0.2) is 28.1 Å². The number of halogens is 1. The van der Waals surface area contributed by atoms with Crippen molar-refractivity contribution < 1.29 is 0 Å². The van der Waals surface area contributed by atoms with Gasteiger partial charge in [-0.15, -0.1) is 10.2 Å². The van der Waals surface area contributed by atoms with Crippen LogP contribution in [0.2, 0.25) is 0 Å². The first kappa shape index (κ1) is 13.4. The van der Waals surface area contributed by atoms with E-state index in [0.29, 0.717) is 5.95 Å². The number of hydrogen-bond donors (Lipinski definition) is 1. The van der Waals surface area contributed by atoms with Crippen LogP contribution < -0.4 is 5.73 Å². The van der Waals surface area contributed by atoms with Gasteiger partial charge in [-0.25, -0.2) is 0 Å². The number of anilines is 1. The minimum absolute atomic E-state index is 0.253. The molecule has 2 aromatic heterocycles. The summed E-state index contributed by atoms with van der Waals surface area (Å²) in [7, 11) is 0. The van der Waals surface area contributed by atoms with Crippen molar-refractivity contribution in [3.8, 4) is 0 Å². The number of thioether (sulfide) groups is 1. The molecule has 0 atom stereocenters. The van der Waals surface area contributed by atoms with Gasteiger partial charge in [0.25, 0.3) is 0 Å². The largest absolute Gasteiger partial charge is 0.368 e. The highest BCUT2D eigenvalue weighted by Gasteiger charge is 2.12.